The van der Waals surface area contributed by atoms with Crippen LogP contribution in [-0.4, -0.2) is 54.4 Å². The number of esters is 1. The van der Waals surface area contributed by atoms with E-state index in [2.05, 4.69) is 0 Å². The van der Waals surface area contributed by atoms with Gasteiger partial charge >= 0.3 is 24.4 Å². The summed E-state index contributed by atoms with van der Waals surface area (Å²) in [6.07, 6.45) is -3.13. The van der Waals surface area contributed by atoms with E-state index >= 15 is 0 Å². The molecule has 0 bridgehead atoms. The van der Waals surface area contributed by atoms with Crippen LogP contribution in [-0.2, 0) is 30.2 Å². The maximum atomic E-state index is 12.9. The Morgan fingerprint density at radius 3 is 1.84 bits per heavy atom. The van der Waals surface area contributed by atoms with Crippen LogP contribution in [0.5, 0.6) is 17.2 Å². The van der Waals surface area contributed by atoms with Crippen LogP contribution < -0.4 is 19.9 Å². The maximum absolute atomic E-state index is 12.9. The molecule has 0 saturated carbocycles. The van der Waals surface area contributed by atoms with Crippen molar-refractivity contribution in [2.75, 3.05) is 7.11 Å². The fourth-order valence-corrected chi connectivity index (χ4v) is 3.77. The number of rotatable bonds is 13. The Morgan fingerprint density at radius 1 is 0.773 bits per heavy atom. The number of carbonyl (C=O) groups excluding carboxylic acids is 4. The number of methoxy groups -OCH3 is 1. The first-order chi connectivity index (χ1) is 20.5. The second-order valence-corrected chi connectivity index (χ2v) is 11.5. The molecule has 0 heterocycles. The van der Waals surface area contributed by atoms with Crippen LogP contribution in [0, 0.1) is 0 Å². The van der Waals surface area contributed by atoms with Gasteiger partial charge in [0.2, 0.25) is 0 Å². The Kier molecular flexibility index (Phi) is 12.6. The number of para-hydroxylation sites is 1. The van der Waals surface area contributed by atoms with Gasteiger partial charge in [-0.2, -0.15) is 0 Å². The maximum Gasteiger partial charge on any atom is 0.514 e. The lowest BCUT2D eigenvalue weighted by Crippen LogP contribution is -2.53. The van der Waals surface area contributed by atoms with Gasteiger partial charge in [-0.25, -0.2) is 14.4 Å². The minimum Gasteiger partial charge on any atom is -0.468 e. The molecule has 0 fully saturated rings. The average Bonchev–Trinajstić information content (AvgIpc) is 2.93. The van der Waals surface area contributed by atoms with Crippen LogP contribution in [0.25, 0.3) is 0 Å². The number of nitrogens with two attached hydrogens (primary N) is 1. The minimum atomic E-state index is -1.68. The van der Waals surface area contributed by atoms with Crippen LogP contribution in [0.1, 0.15) is 73.3 Å². The summed E-state index contributed by atoms with van der Waals surface area (Å²) in [7, 11) is 1.18. The van der Waals surface area contributed by atoms with Gasteiger partial charge < -0.3 is 38.9 Å². The molecule has 0 radical (unpaired) electrons. The van der Waals surface area contributed by atoms with Gasteiger partial charge in [0.05, 0.1) is 7.11 Å². The lowest BCUT2D eigenvalue weighted by Gasteiger charge is -2.29. The number of carbonyl (C=O) groups is 4. The number of benzene rings is 2. The summed E-state index contributed by atoms with van der Waals surface area (Å²) < 4.78 is 37.0. The normalized spacial score (nSPS) is 13.5. The molecule has 2 aromatic carbocycles. The fraction of sp³-hybridized carbons (Fsp3) is 0.500. The van der Waals surface area contributed by atoms with Crippen LogP contribution in [0.15, 0.2) is 48.5 Å². The first kappa shape index (κ1) is 35.9. The summed E-state index contributed by atoms with van der Waals surface area (Å²) >= 11 is 0. The van der Waals surface area contributed by atoms with Crippen molar-refractivity contribution in [1.82, 2.24) is 0 Å². The zero-order valence-electron chi connectivity index (χ0n) is 26.6. The molecule has 0 aliphatic heterocycles. The quantitative estimate of drug-likeness (QED) is 0.148. The molecule has 2 rings (SSSR count). The van der Waals surface area contributed by atoms with E-state index in [0.29, 0.717) is 18.4 Å². The van der Waals surface area contributed by atoms with Crippen molar-refractivity contribution in [1.29, 1.82) is 0 Å². The molecule has 0 saturated heterocycles. The van der Waals surface area contributed by atoms with E-state index in [0.717, 1.165) is 0 Å². The highest BCUT2D eigenvalue weighted by molar-refractivity contribution is 5.81. The van der Waals surface area contributed by atoms with E-state index in [4.69, 9.17) is 38.9 Å². The lowest BCUT2D eigenvalue weighted by molar-refractivity contribution is -0.148. The van der Waals surface area contributed by atoms with Gasteiger partial charge in [-0.05, 0) is 77.3 Å². The zero-order chi connectivity index (χ0) is 33.1. The molecule has 44 heavy (non-hydrogen) atoms. The predicted octanol–water partition coefficient (Wildman–Crippen LogP) is 6.50. The second-order valence-electron chi connectivity index (χ2n) is 11.5. The van der Waals surface area contributed by atoms with Crippen molar-refractivity contribution in [2.24, 2.45) is 5.73 Å². The molecule has 0 amide bonds. The third kappa shape index (κ3) is 11.4. The van der Waals surface area contributed by atoms with Crippen LogP contribution >= 0.6 is 0 Å². The Hall–Kier alpha value is -4.32. The monoisotopic (exact) mass is 617 g/mol. The molecule has 2 atom stereocenters. The van der Waals surface area contributed by atoms with Gasteiger partial charge in [-0.15, -0.1) is 0 Å². The highest BCUT2D eigenvalue weighted by Gasteiger charge is 2.39. The summed E-state index contributed by atoms with van der Waals surface area (Å²) in [6.45, 7) is 12.1. The molecule has 2 aromatic rings. The van der Waals surface area contributed by atoms with E-state index < -0.39 is 47.3 Å². The predicted molar refractivity (Wildman–Crippen MR) is 160 cm³/mol. The van der Waals surface area contributed by atoms with Gasteiger partial charge in [0.15, 0.2) is 11.5 Å². The summed E-state index contributed by atoms with van der Waals surface area (Å²) in [5.74, 6) is -0.789. The molecule has 0 spiro atoms. The van der Waals surface area contributed by atoms with Crippen molar-refractivity contribution in [3.05, 3.63) is 54.1 Å². The van der Waals surface area contributed by atoms with Crippen molar-refractivity contribution in [3.63, 3.8) is 0 Å². The van der Waals surface area contributed by atoms with Crippen molar-refractivity contribution >= 4 is 24.4 Å². The molecule has 1 unspecified atom stereocenters. The van der Waals surface area contributed by atoms with Crippen molar-refractivity contribution < 1.29 is 52.3 Å². The lowest BCUT2D eigenvalue weighted by atomic mass is 9.86. The Balaban J connectivity index is 2.31. The standard InChI is InChI=1S/C32H43NO11/c1-9-30(4,5)43-28(36)41-24-17-16-22(18-25(24)42-29(37)44-31(6,7)10-2)20-32(33,26(34)38-8)19-21(3)39-27(35)40-23-14-12-11-13-15-23/h11-18,21H,9-10,19-20,33H2,1-8H3/t21-,32?/m0/s1. The SMILES string of the molecule is CCC(C)(C)OC(=O)Oc1ccc(CC(N)(C[C@H](C)OC(=O)Oc2ccccc2)C(=O)OC)cc1OC(=O)OC(C)(C)CC. The summed E-state index contributed by atoms with van der Waals surface area (Å²) in [5, 5.41) is 0. The zero-order valence-corrected chi connectivity index (χ0v) is 26.6. The van der Waals surface area contributed by atoms with Crippen LogP contribution in [0.2, 0.25) is 0 Å². The highest BCUT2D eigenvalue weighted by atomic mass is 16.8. The van der Waals surface area contributed by atoms with E-state index in [1.165, 1.54) is 25.3 Å². The summed E-state index contributed by atoms with van der Waals surface area (Å²) in [6, 6.07) is 12.6. The molecule has 2 N–H and O–H groups in total. The number of hydrogen-bond donors (Lipinski definition) is 1. The summed E-state index contributed by atoms with van der Waals surface area (Å²) in [5.41, 5.74) is 3.62. The fourth-order valence-electron chi connectivity index (χ4n) is 3.77. The largest absolute Gasteiger partial charge is 0.514 e. The summed E-state index contributed by atoms with van der Waals surface area (Å²) in [4.78, 5) is 50.3. The highest BCUT2D eigenvalue weighted by Crippen LogP contribution is 2.33. The molecular weight excluding hydrogens is 574 g/mol. The van der Waals surface area contributed by atoms with Crippen molar-refractivity contribution in [3.8, 4) is 17.2 Å². The first-order valence-electron chi connectivity index (χ1n) is 14.3. The molecular formula is C32H43NO11. The van der Waals surface area contributed by atoms with Crippen LogP contribution in [0.3, 0.4) is 0 Å². The average molecular weight is 618 g/mol. The van der Waals surface area contributed by atoms with Gasteiger partial charge in [0.1, 0.15) is 28.6 Å². The van der Waals surface area contributed by atoms with Gasteiger partial charge in [0, 0.05) is 12.8 Å². The van der Waals surface area contributed by atoms with Gasteiger partial charge in [-0.3, -0.25) is 4.79 Å². The van der Waals surface area contributed by atoms with Crippen molar-refractivity contribution in [2.45, 2.75) is 97.0 Å². The molecule has 12 nitrogen and oxygen atoms in total. The Morgan fingerprint density at radius 2 is 1.32 bits per heavy atom. The van der Waals surface area contributed by atoms with E-state index in [1.54, 1.807) is 65.0 Å². The van der Waals surface area contributed by atoms with Gasteiger partial charge in [-0.1, -0.05) is 38.1 Å². The van der Waals surface area contributed by atoms with Gasteiger partial charge in [0.25, 0.3) is 0 Å². The minimum absolute atomic E-state index is 0.127. The molecule has 0 aromatic heterocycles. The van der Waals surface area contributed by atoms with E-state index in [9.17, 15) is 19.2 Å². The number of hydrogen-bond acceptors (Lipinski definition) is 12. The third-order valence-electron chi connectivity index (χ3n) is 6.82. The number of ether oxygens (including phenoxy) is 7. The van der Waals surface area contributed by atoms with E-state index in [1.807, 2.05) is 13.8 Å². The second kappa shape index (κ2) is 15.4. The first-order valence-corrected chi connectivity index (χ1v) is 14.3. The van der Waals surface area contributed by atoms with E-state index in [-0.39, 0.29) is 30.1 Å². The topological polar surface area (TPSA) is 159 Å². The molecule has 242 valence electrons. The molecule has 0 aliphatic rings. The Bertz CT molecular complexity index is 1290. The molecule has 12 heteroatoms. The Labute approximate surface area is 258 Å². The smallest absolute Gasteiger partial charge is 0.468 e. The van der Waals surface area contributed by atoms with Crippen LogP contribution in [0.4, 0.5) is 14.4 Å². The third-order valence-corrected chi connectivity index (χ3v) is 6.82. The molecule has 0 aliphatic carbocycles.